The van der Waals surface area contributed by atoms with Crippen LogP contribution in [0.5, 0.6) is 0 Å². The number of carbonyl (C=O) groups is 1. The zero-order chi connectivity index (χ0) is 15.2. The van der Waals surface area contributed by atoms with Gasteiger partial charge in [-0.15, -0.1) is 0 Å². The summed E-state index contributed by atoms with van der Waals surface area (Å²) in [5.41, 5.74) is 0.375. The zero-order valence-corrected chi connectivity index (χ0v) is 13.7. The van der Waals surface area contributed by atoms with Gasteiger partial charge in [0.1, 0.15) is 0 Å². The fourth-order valence-corrected chi connectivity index (χ4v) is 3.16. The molecule has 0 bridgehead atoms. The summed E-state index contributed by atoms with van der Waals surface area (Å²) in [6, 6.07) is 0. The number of esters is 1. The van der Waals surface area contributed by atoms with Crippen molar-refractivity contribution in [2.75, 3.05) is 6.61 Å². The maximum Gasteiger partial charge on any atom is 0.305 e. The molecular formula is C17H32O3. The van der Waals surface area contributed by atoms with Crippen molar-refractivity contribution >= 4 is 5.97 Å². The summed E-state index contributed by atoms with van der Waals surface area (Å²) in [5.74, 6) is 0.960. The van der Waals surface area contributed by atoms with Gasteiger partial charge in [0.05, 0.1) is 12.7 Å². The van der Waals surface area contributed by atoms with Gasteiger partial charge in [0.15, 0.2) is 0 Å². The third-order valence-electron chi connectivity index (χ3n) is 4.65. The van der Waals surface area contributed by atoms with Crippen molar-refractivity contribution in [1.29, 1.82) is 0 Å². The first-order chi connectivity index (χ1) is 9.34. The van der Waals surface area contributed by atoms with Crippen molar-refractivity contribution in [3.63, 3.8) is 0 Å². The Balaban J connectivity index is 2.25. The first kappa shape index (κ1) is 17.5. The fourth-order valence-electron chi connectivity index (χ4n) is 3.16. The van der Waals surface area contributed by atoms with Gasteiger partial charge in [0.2, 0.25) is 0 Å². The van der Waals surface area contributed by atoms with Crippen LogP contribution in [-0.2, 0) is 9.53 Å². The van der Waals surface area contributed by atoms with Crippen LogP contribution in [0.2, 0.25) is 0 Å². The maximum absolute atomic E-state index is 11.4. The highest BCUT2D eigenvalue weighted by Gasteiger charge is 2.32. The predicted octanol–water partition coefficient (Wildman–Crippen LogP) is 3.93. The molecule has 1 saturated carbocycles. The first-order valence-electron chi connectivity index (χ1n) is 8.18. The number of hydrogen-bond acceptors (Lipinski definition) is 3. The van der Waals surface area contributed by atoms with Crippen LogP contribution < -0.4 is 0 Å². The average Bonchev–Trinajstić information content (AvgIpc) is 2.41. The Bertz CT molecular complexity index is 285. The molecule has 1 aliphatic carbocycles. The van der Waals surface area contributed by atoms with E-state index >= 15 is 0 Å². The van der Waals surface area contributed by atoms with E-state index in [0.717, 1.165) is 25.2 Å². The zero-order valence-electron chi connectivity index (χ0n) is 13.7. The second kappa shape index (κ2) is 8.02. The Kier molecular flexibility index (Phi) is 7.01. The molecule has 1 N–H and O–H groups in total. The summed E-state index contributed by atoms with van der Waals surface area (Å²) in [6.45, 7) is 9.38. The molecule has 1 rings (SSSR count). The van der Waals surface area contributed by atoms with Crippen LogP contribution in [0.4, 0.5) is 0 Å². The average molecular weight is 284 g/mol. The lowest BCUT2D eigenvalue weighted by Crippen LogP contribution is -2.31. The van der Waals surface area contributed by atoms with Gasteiger partial charge in [-0.25, -0.2) is 0 Å². The SMILES string of the molecule is CCCOC(=O)CCC(O)C1CCC(C(C)(C)C)CC1. The number of aliphatic hydroxyl groups excluding tert-OH is 1. The molecule has 1 fully saturated rings. The minimum atomic E-state index is -0.343. The molecule has 0 radical (unpaired) electrons. The number of rotatable bonds is 6. The molecular weight excluding hydrogens is 252 g/mol. The van der Waals surface area contributed by atoms with E-state index in [2.05, 4.69) is 20.8 Å². The van der Waals surface area contributed by atoms with E-state index < -0.39 is 0 Å². The molecule has 1 atom stereocenters. The van der Waals surface area contributed by atoms with Crippen LogP contribution in [-0.4, -0.2) is 23.8 Å². The molecule has 118 valence electrons. The molecule has 20 heavy (non-hydrogen) atoms. The Morgan fingerprint density at radius 1 is 1.25 bits per heavy atom. The number of carbonyl (C=O) groups excluding carboxylic acids is 1. The molecule has 0 spiro atoms. The van der Waals surface area contributed by atoms with Crippen molar-refractivity contribution in [2.24, 2.45) is 17.3 Å². The Morgan fingerprint density at radius 3 is 2.35 bits per heavy atom. The molecule has 0 aromatic rings. The number of ether oxygens (including phenoxy) is 1. The van der Waals surface area contributed by atoms with Gasteiger partial charge in [-0.2, -0.15) is 0 Å². The smallest absolute Gasteiger partial charge is 0.305 e. The highest BCUT2D eigenvalue weighted by atomic mass is 16.5. The van der Waals surface area contributed by atoms with E-state index in [-0.39, 0.29) is 12.1 Å². The van der Waals surface area contributed by atoms with Gasteiger partial charge in [-0.05, 0) is 55.8 Å². The second-order valence-corrected chi connectivity index (χ2v) is 7.30. The monoisotopic (exact) mass is 284 g/mol. The van der Waals surface area contributed by atoms with Gasteiger partial charge in [-0.3, -0.25) is 4.79 Å². The van der Waals surface area contributed by atoms with E-state index in [1.54, 1.807) is 0 Å². The van der Waals surface area contributed by atoms with Crippen molar-refractivity contribution in [2.45, 2.75) is 78.7 Å². The summed E-state index contributed by atoms with van der Waals surface area (Å²) in [7, 11) is 0. The molecule has 1 unspecified atom stereocenters. The van der Waals surface area contributed by atoms with Crippen molar-refractivity contribution in [3.05, 3.63) is 0 Å². The molecule has 3 nitrogen and oxygen atoms in total. The normalized spacial score (nSPS) is 25.2. The Morgan fingerprint density at radius 2 is 1.85 bits per heavy atom. The minimum absolute atomic E-state index is 0.172. The standard InChI is InChI=1S/C17H32O3/c1-5-12-20-16(19)11-10-15(18)13-6-8-14(9-7-13)17(2,3)4/h13-15,18H,5-12H2,1-4H3. The van der Waals surface area contributed by atoms with Crippen LogP contribution in [0.1, 0.15) is 72.6 Å². The van der Waals surface area contributed by atoms with Crippen molar-refractivity contribution in [1.82, 2.24) is 0 Å². The molecule has 0 aliphatic heterocycles. The molecule has 1 aliphatic rings. The van der Waals surface area contributed by atoms with E-state index in [1.807, 2.05) is 6.92 Å². The lowest BCUT2D eigenvalue weighted by atomic mass is 9.68. The number of aliphatic hydroxyl groups is 1. The van der Waals surface area contributed by atoms with Crippen molar-refractivity contribution < 1.29 is 14.6 Å². The molecule has 0 amide bonds. The van der Waals surface area contributed by atoms with E-state index in [1.165, 1.54) is 12.8 Å². The lowest BCUT2D eigenvalue weighted by Gasteiger charge is -2.38. The molecule has 0 heterocycles. The molecule has 0 aromatic heterocycles. The highest BCUT2D eigenvalue weighted by molar-refractivity contribution is 5.69. The van der Waals surface area contributed by atoms with Gasteiger partial charge in [-0.1, -0.05) is 27.7 Å². The Hall–Kier alpha value is -0.570. The summed E-state index contributed by atoms with van der Waals surface area (Å²) in [5, 5.41) is 10.2. The van der Waals surface area contributed by atoms with Gasteiger partial charge < -0.3 is 9.84 Å². The summed E-state index contributed by atoms with van der Waals surface area (Å²) < 4.78 is 5.04. The van der Waals surface area contributed by atoms with Crippen LogP contribution in [0.3, 0.4) is 0 Å². The largest absolute Gasteiger partial charge is 0.466 e. The predicted molar refractivity (Wildman–Crippen MR) is 81.4 cm³/mol. The van der Waals surface area contributed by atoms with Crippen LogP contribution in [0.25, 0.3) is 0 Å². The van der Waals surface area contributed by atoms with Crippen LogP contribution >= 0.6 is 0 Å². The maximum atomic E-state index is 11.4. The lowest BCUT2D eigenvalue weighted by molar-refractivity contribution is -0.144. The highest BCUT2D eigenvalue weighted by Crippen LogP contribution is 2.41. The van der Waals surface area contributed by atoms with Crippen LogP contribution in [0, 0.1) is 17.3 Å². The molecule has 3 heteroatoms. The summed E-state index contributed by atoms with van der Waals surface area (Å²) in [4.78, 5) is 11.4. The van der Waals surface area contributed by atoms with E-state index in [0.29, 0.717) is 30.8 Å². The minimum Gasteiger partial charge on any atom is -0.466 e. The van der Waals surface area contributed by atoms with Gasteiger partial charge >= 0.3 is 5.97 Å². The fraction of sp³-hybridized carbons (Fsp3) is 0.941. The number of hydrogen-bond donors (Lipinski definition) is 1. The van der Waals surface area contributed by atoms with Gasteiger partial charge in [0.25, 0.3) is 0 Å². The Labute approximate surface area is 124 Å². The quantitative estimate of drug-likeness (QED) is 0.752. The summed E-state index contributed by atoms with van der Waals surface area (Å²) >= 11 is 0. The van der Waals surface area contributed by atoms with Crippen LogP contribution in [0.15, 0.2) is 0 Å². The van der Waals surface area contributed by atoms with Gasteiger partial charge in [0, 0.05) is 6.42 Å². The van der Waals surface area contributed by atoms with E-state index in [9.17, 15) is 9.90 Å². The summed E-state index contributed by atoms with van der Waals surface area (Å²) in [6.07, 6.45) is 5.99. The second-order valence-electron chi connectivity index (χ2n) is 7.30. The first-order valence-corrected chi connectivity index (χ1v) is 8.18. The molecule has 0 aromatic carbocycles. The van der Waals surface area contributed by atoms with Crippen molar-refractivity contribution in [3.8, 4) is 0 Å². The molecule has 0 saturated heterocycles. The third kappa shape index (κ3) is 5.82. The third-order valence-corrected chi connectivity index (χ3v) is 4.65. The van der Waals surface area contributed by atoms with E-state index in [4.69, 9.17) is 4.74 Å². The topological polar surface area (TPSA) is 46.5 Å².